The Kier molecular flexibility index (Phi) is 4.49. The molecule has 16 heavy (non-hydrogen) atoms. The van der Waals surface area contributed by atoms with E-state index in [1.54, 1.807) is 18.3 Å². The third kappa shape index (κ3) is 2.82. The first kappa shape index (κ1) is 12.7. The number of allylic oxidation sites excluding steroid dienone is 1. The van der Waals surface area contributed by atoms with Crippen molar-refractivity contribution < 1.29 is 0 Å². The van der Waals surface area contributed by atoms with Gasteiger partial charge in [-0.25, -0.2) is 4.68 Å². The number of rotatable bonds is 5. The summed E-state index contributed by atoms with van der Waals surface area (Å²) in [7, 11) is 0. The zero-order valence-corrected chi connectivity index (χ0v) is 10.7. The number of hydrogen-bond donors (Lipinski definition) is 1. The van der Waals surface area contributed by atoms with Crippen molar-refractivity contribution in [2.24, 2.45) is 0 Å². The summed E-state index contributed by atoms with van der Waals surface area (Å²) in [6, 6.07) is 0.0766. The lowest BCUT2D eigenvalue weighted by molar-refractivity contribution is 0.648. The summed E-state index contributed by atoms with van der Waals surface area (Å²) < 4.78 is 1.80. The Morgan fingerprint density at radius 1 is 1.69 bits per heavy atom. The molecular weight excluding hydrogens is 270 g/mol. The van der Waals surface area contributed by atoms with E-state index in [9.17, 15) is 4.79 Å². The van der Waals surface area contributed by atoms with Gasteiger partial charge in [0.1, 0.15) is 4.47 Å². The van der Waals surface area contributed by atoms with Crippen LogP contribution in [0, 0.1) is 0 Å². The highest BCUT2D eigenvalue weighted by Gasteiger charge is 2.08. The average molecular weight is 284 g/mol. The van der Waals surface area contributed by atoms with Crippen LogP contribution in [0.2, 0.25) is 0 Å². The number of halogens is 1. The Balaban J connectivity index is 3.06. The fourth-order valence-electron chi connectivity index (χ4n) is 1.12. The maximum atomic E-state index is 11.8. The lowest BCUT2D eigenvalue weighted by atomic mass is 10.3. The summed E-state index contributed by atoms with van der Waals surface area (Å²) in [4.78, 5) is 11.8. The van der Waals surface area contributed by atoms with E-state index in [1.165, 1.54) is 4.68 Å². The number of nitrogens with one attached hydrogen (secondary N) is 1. The first-order valence-electron chi connectivity index (χ1n) is 4.85. The molecule has 0 aliphatic rings. The van der Waals surface area contributed by atoms with Gasteiger partial charge in [-0.05, 0) is 22.9 Å². The maximum absolute atomic E-state index is 11.8. The van der Waals surface area contributed by atoms with Crippen molar-refractivity contribution in [3.8, 4) is 0 Å². The second-order valence-electron chi connectivity index (χ2n) is 3.32. The van der Waals surface area contributed by atoms with Crippen LogP contribution in [0.15, 0.2) is 40.8 Å². The summed E-state index contributed by atoms with van der Waals surface area (Å²) in [5.41, 5.74) is 0.485. The summed E-state index contributed by atoms with van der Waals surface area (Å²) in [5.74, 6) is 0. The van der Waals surface area contributed by atoms with Crippen molar-refractivity contribution in [2.45, 2.75) is 19.5 Å². The van der Waals surface area contributed by atoms with E-state index in [2.05, 4.69) is 39.5 Å². The normalized spacial score (nSPS) is 11.9. The molecule has 0 aliphatic carbocycles. The summed E-state index contributed by atoms with van der Waals surface area (Å²) >= 11 is 3.25. The molecule has 0 saturated heterocycles. The highest BCUT2D eigenvalue weighted by Crippen LogP contribution is 2.17. The smallest absolute Gasteiger partial charge is 0.283 e. The monoisotopic (exact) mass is 283 g/mol. The van der Waals surface area contributed by atoms with Crippen LogP contribution < -0.4 is 10.9 Å². The number of anilines is 1. The Labute approximate surface area is 103 Å². The molecule has 0 spiro atoms. The fourth-order valence-corrected chi connectivity index (χ4v) is 1.54. The van der Waals surface area contributed by atoms with Gasteiger partial charge in [0, 0.05) is 6.04 Å². The van der Waals surface area contributed by atoms with Crippen LogP contribution in [0.25, 0.3) is 0 Å². The molecule has 0 radical (unpaired) electrons. The first-order chi connectivity index (χ1) is 7.60. The van der Waals surface area contributed by atoms with Crippen molar-refractivity contribution in [3.63, 3.8) is 0 Å². The molecule has 4 nitrogen and oxygen atoms in total. The number of aromatic nitrogens is 2. The second-order valence-corrected chi connectivity index (χ2v) is 4.11. The highest BCUT2D eigenvalue weighted by atomic mass is 79.9. The van der Waals surface area contributed by atoms with Gasteiger partial charge < -0.3 is 5.32 Å². The van der Waals surface area contributed by atoms with E-state index in [0.717, 1.165) is 0 Å². The molecule has 1 atom stereocenters. The average Bonchev–Trinajstić information content (AvgIpc) is 2.28. The second kappa shape index (κ2) is 5.65. The van der Waals surface area contributed by atoms with Crippen molar-refractivity contribution in [3.05, 3.63) is 46.3 Å². The van der Waals surface area contributed by atoms with Crippen molar-refractivity contribution in [2.75, 3.05) is 5.32 Å². The number of hydrogen-bond acceptors (Lipinski definition) is 3. The minimum Gasteiger partial charge on any atom is -0.377 e. The predicted octanol–water partition coefficient (Wildman–Crippen LogP) is 2.18. The maximum Gasteiger partial charge on any atom is 0.283 e. The van der Waals surface area contributed by atoms with Gasteiger partial charge in [-0.3, -0.25) is 4.79 Å². The van der Waals surface area contributed by atoms with Gasteiger partial charge >= 0.3 is 0 Å². The van der Waals surface area contributed by atoms with E-state index in [1.807, 2.05) is 6.92 Å². The highest BCUT2D eigenvalue weighted by molar-refractivity contribution is 9.10. The van der Waals surface area contributed by atoms with Crippen LogP contribution in [0.5, 0.6) is 0 Å². The van der Waals surface area contributed by atoms with Gasteiger partial charge in [-0.2, -0.15) is 5.10 Å². The molecule has 1 heterocycles. The standard InChI is InChI=1S/C11H14BrN3O/c1-4-6-15-11(16)10(12)9(7-13-15)14-8(3)5-2/h4-5,7-8,14H,1-2,6H2,3H3. The molecule has 1 N–H and O–H groups in total. The molecule has 86 valence electrons. The van der Waals surface area contributed by atoms with E-state index < -0.39 is 0 Å². The van der Waals surface area contributed by atoms with E-state index >= 15 is 0 Å². The topological polar surface area (TPSA) is 46.9 Å². The van der Waals surface area contributed by atoms with Gasteiger partial charge in [0.25, 0.3) is 5.56 Å². The molecule has 0 amide bonds. The van der Waals surface area contributed by atoms with Crippen LogP contribution in [0.1, 0.15) is 6.92 Å². The Morgan fingerprint density at radius 2 is 2.38 bits per heavy atom. The molecule has 0 bridgehead atoms. The predicted molar refractivity (Wildman–Crippen MR) is 69.7 cm³/mol. The van der Waals surface area contributed by atoms with Gasteiger partial charge in [0.15, 0.2) is 0 Å². The molecule has 0 aliphatic heterocycles. The van der Waals surface area contributed by atoms with Crippen LogP contribution >= 0.6 is 15.9 Å². The minimum atomic E-state index is -0.179. The van der Waals surface area contributed by atoms with Gasteiger partial charge in [0.05, 0.1) is 18.4 Å². The third-order valence-corrected chi connectivity index (χ3v) is 2.79. The molecule has 0 aromatic carbocycles. The van der Waals surface area contributed by atoms with Crippen LogP contribution in [-0.2, 0) is 6.54 Å². The zero-order chi connectivity index (χ0) is 12.1. The van der Waals surface area contributed by atoms with Crippen LogP contribution in [0.3, 0.4) is 0 Å². The quantitative estimate of drug-likeness (QED) is 0.843. The van der Waals surface area contributed by atoms with Crippen LogP contribution in [0.4, 0.5) is 5.69 Å². The lowest BCUT2D eigenvalue weighted by Crippen LogP contribution is -2.25. The molecule has 0 saturated carbocycles. The molecule has 1 aromatic heterocycles. The van der Waals surface area contributed by atoms with E-state index in [-0.39, 0.29) is 11.6 Å². The van der Waals surface area contributed by atoms with Gasteiger partial charge in [-0.1, -0.05) is 12.2 Å². The van der Waals surface area contributed by atoms with Crippen molar-refractivity contribution in [1.82, 2.24) is 9.78 Å². The van der Waals surface area contributed by atoms with Crippen LogP contribution in [-0.4, -0.2) is 15.8 Å². The Morgan fingerprint density at radius 3 is 2.94 bits per heavy atom. The Bertz CT molecular complexity index is 453. The molecule has 1 unspecified atom stereocenters. The molecule has 0 fully saturated rings. The molecule has 1 rings (SSSR count). The SMILES string of the molecule is C=CCn1ncc(NC(C)C=C)c(Br)c1=O. The third-order valence-electron chi connectivity index (χ3n) is 2.02. The lowest BCUT2D eigenvalue weighted by Gasteiger charge is -2.12. The largest absolute Gasteiger partial charge is 0.377 e. The van der Waals surface area contributed by atoms with Gasteiger partial charge in [-0.15, -0.1) is 13.2 Å². The first-order valence-corrected chi connectivity index (χ1v) is 5.65. The fraction of sp³-hybridized carbons (Fsp3) is 0.273. The van der Waals surface area contributed by atoms with E-state index in [4.69, 9.17) is 0 Å². The molecule has 5 heteroatoms. The van der Waals surface area contributed by atoms with Crippen molar-refractivity contribution >= 4 is 21.6 Å². The minimum absolute atomic E-state index is 0.0766. The summed E-state index contributed by atoms with van der Waals surface area (Å²) in [6.45, 7) is 9.56. The van der Waals surface area contributed by atoms with Gasteiger partial charge in [0.2, 0.25) is 0 Å². The van der Waals surface area contributed by atoms with Crippen molar-refractivity contribution in [1.29, 1.82) is 0 Å². The summed E-state index contributed by atoms with van der Waals surface area (Å²) in [6.07, 6.45) is 4.98. The summed E-state index contributed by atoms with van der Waals surface area (Å²) in [5, 5.41) is 7.13. The Hall–Kier alpha value is -1.36. The zero-order valence-electron chi connectivity index (χ0n) is 9.11. The van der Waals surface area contributed by atoms with E-state index in [0.29, 0.717) is 16.7 Å². The molecular formula is C11H14BrN3O. The number of nitrogens with zero attached hydrogens (tertiary/aromatic N) is 2. The molecule has 1 aromatic rings.